The molecular formula is C15H8Cl3N3O3. The summed E-state index contributed by atoms with van der Waals surface area (Å²) < 4.78 is 10.5. The number of hydrogen-bond acceptors (Lipinski definition) is 6. The van der Waals surface area contributed by atoms with Gasteiger partial charge in [-0.05, 0) is 12.1 Å². The molecular weight excluding hydrogens is 377 g/mol. The summed E-state index contributed by atoms with van der Waals surface area (Å²) in [6.45, 7) is -0.225. The molecule has 3 aromatic rings. The summed E-state index contributed by atoms with van der Waals surface area (Å²) in [6, 6.07) is 9.20. The topological polar surface area (TPSA) is 78.1 Å². The van der Waals surface area contributed by atoms with E-state index in [0.717, 1.165) is 5.56 Å². The highest BCUT2D eigenvalue weighted by Crippen LogP contribution is 2.31. The van der Waals surface area contributed by atoms with Gasteiger partial charge in [-0.3, -0.25) is 0 Å². The van der Waals surface area contributed by atoms with Crippen molar-refractivity contribution in [3.63, 3.8) is 0 Å². The van der Waals surface area contributed by atoms with Crippen LogP contribution in [0, 0.1) is 0 Å². The van der Waals surface area contributed by atoms with Crippen LogP contribution < -0.4 is 0 Å². The van der Waals surface area contributed by atoms with Gasteiger partial charge >= 0.3 is 5.97 Å². The summed E-state index contributed by atoms with van der Waals surface area (Å²) in [7, 11) is 0. The predicted molar refractivity (Wildman–Crippen MR) is 88.1 cm³/mol. The molecule has 0 spiro atoms. The van der Waals surface area contributed by atoms with Crippen molar-refractivity contribution in [2.75, 3.05) is 0 Å². The van der Waals surface area contributed by atoms with E-state index in [1.165, 1.54) is 6.20 Å². The number of ether oxygens (including phenoxy) is 1. The molecule has 0 amide bonds. The van der Waals surface area contributed by atoms with Gasteiger partial charge in [0.25, 0.3) is 5.89 Å². The zero-order valence-corrected chi connectivity index (χ0v) is 14.1. The number of nitrogens with zero attached hydrogens (tertiary/aromatic N) is 3. The van der Waals surface area contributed by atoms with Gasteiger partial charge in [-0.15, -0.1) is 10.2 Å². The van der Waals surface area contributed by atoms with E-state index in [9.17, 15) is 4.79 Å². The van der Waals surface area contributed by atoms with Crippen molar-refractivity contribution in [1.29, 1.82) is 0 Å². The smallest absolute Gasteiger partial charge is 0.359 e. The molecule has 0 atom stereocenters. The molecule has 0 bridgehead atoms. The standard InChI is InChI=1S/C15H8Cl3N3O3/c16-9-6-19-13(12(18)11(9)17)15(22)23-7-10-20-21-14(24-10)8-4-2-1-3-5-8/h1-6H,7H2. The van der Waals surface area contributed by atoms with Crippen LogP contribution in [0.2, 0.25) is 15.1 Å². The highest BCUT2D eigenvalue weighted by atomic mass is 35.5. The van der Waals surface area contributed by atoms with Crippen LogP contribution in [0.15, 0.2) is 40.9 Å². The zero-order chi connectivity index (χ0) is 17.1. The van der Waals surface area contributed by atoms with Gasteiger partial charge in [-0.1, -0.05) is 53.0 Å². The summed E-state index contributed by atoms with van der Waals surface area (Å²) in [4.78, 5) is 15.8. The van der Waals surface area contributed by atoms with Crippen LogP contribution in [0.4, 0.5) is 0 Å². The number of rotatable bonds is 4. The lowest BCUT2D eigenvalue weighted by atomic mass is 10.2. The van der Waals surface area contributed by atoms with Crippen LogP contribution in [0.25, 0.3) is 11.5 Å². The van der Waals surface area contributed by atoms with Gasteiger partial charge in [0.05, 0.1) is 15.1 Å². The first kappa shape index (κ1) is 16.7. The Morgan fingerprint density at radius 1 is 1.08 bits per heavy atom. The summed E-state index contributed by atoms with van der Waals surface area (Å²) in [5, 5.41) is 7.80. The van der Waals surface area contributed by atoms with Crippen LogP contribution in [0.5, 0.6) is 0 Å². The van der Waals surface area contributed by atoms with Crippen LogP contribution in [-0.2, 0) is 11.3 Å². The van der Waals surface area contributed by atoms with E-state index >= 15 is 0 Å². The van der Waals surface area contributed by atoms with E-state index in [-0.39, 0.29) is 33.3 Å². The Hall–Kier alpha value is -2.15. The monoisotopic (exact) mass is 383 g/mol. The van der Waals surface area contributed by atoms with Crippen molar-refractivity contribution < 1.29 is 13.9 Å². The van der Waals surface area contributed by atoms with Gasteiger partial charge in [-0.25, -0.2) is 9.78 Å². The van der Waals surface area contributed by atoms with Crippen molar-refractivity contribution in [2.24, 2.45) is 0 Å². The van der Waals surface area contributed by atoms with Gasteiger partial charge in [0, 0.05) is 11.8 Å². The molecule has 6 nitrogen and oxygen atoms in total. The second-order valence-electron chi connectivity index (χ2n) is 4.53. The molecule has 24 heavy (non-hydrogen) atoms. The van der Waals surface area contributed by atoms with Gasteiger partial charge in [-0.2, -0.15) is 0 Å². The molecule has 0 aliphatic rings. The lowest BCUT2D eigenvalue weighted by molar-refractivity contribution is 0.0432. The fourth-order valence-corrected chi connectivity index (χ4v) is 2.35. The third-order valence-corrected chi connectivity index (χ3v) is 4.17. The number of benzene rings is 1. The van der Waals surface area contributed by atoms with Crippen molar-refractivity contribution in [2.45, 2.75) is 6.61 Å². The van der Waals surface area contributed by atoms with Crippen molar-refractivity contribution in [3.8, 4) is 11.5 Å². The first-order valence-electron chi connectivity index (χ1n) is 6.60. The second-order valence-corrected chi connectivity index (χ2v) is 5.69. The molecule has 0 unspecified atom stereocenters. The summed E-state index contributed by atoms with van der Waals surface area (Å²) >= 11 is 17.6. The van der Waals surface area contributed by atoms with E-state index in [1.807, 2.05) is 30.3 Å². The number of esters is 1. The molecule has 0 aliphatic heterocycles. The van der Waals surface area contributed by atoms with Gasteiger partial charge in [0.2, 0.25) is 5.89 Å². The molecule has 122 valence electrons. The van der Waals surface area contributed by atoms with E-state index in [1.54, 1.807) is 0 Å². The third-order valence-electron chi connectivity index (χ3n) is 2.92. The minimum absolute atomic E-state index is 0.0319. The first-order chi connectivity index (χ1) is 11.6. The molecule has 0 radical (unpaired) electrons. The third kappa shape index (κ3) is 3.51. The second kappa shape index (κ2) is 7.17. The molecule has 9 heteroatoms. The fourth-order valence-electron chi connectivity index (χ4n) is 1.79. The Kier molecular flexibility index (Phi) is 4.99. The van der Waals surface area contributed by atoms with E-state index in [2.05, 4.69) is 15.2 Å². The van der Waals surface area contributed by atoms with Crippen molar-refractivity contribution in [1.82, 2.24) is 15.2 Å². The quantitative estimate of drug-likeness (QED) is 0.618. The molecule has 3 rings (SSSR count). The average molecular weight is 385 g/mol. The van der Waals surface area contributed by atoms with Crippen LogP contribution in [0.3, 0.4) is 0 Å². The Labute approximate surface area is 151 Å². The highest BCUT2D eigenvalue weighted by Gasteiger charge is 2.19. The molecule has 2 aromatic heterocycles. The number of carbonyl (C=O) groups excluding carboxylic acids is 1. The van der Waals surface area contributed by atoms with E-state index in [0.29, 0.717) is 5.89 Å². The summed E-state index contributed by atoms with van der Waals surface area (Å²) in [5.41, 5.74) is 0.616. The van der Waals surface area contributed by atoms with Gasteiger partial charge in [0.1, 0.15) is 0 Å². The molecule has 2 heterocycles. The molecule has 1 aromatic carbocycles. The number of pyridine rings is 1. The summed E-state index contributed by atoms with van der Waals surface area (Å²) in [5.74, 6) is -0.316. The Balaban J connectivity index is 1.69. The van der Waals surface area contributed by atoms with Crippen LogP contribution in [-0.4, -0.2) is 21.2 Å². The lowest BCUT2D eigenvalue weighted by Crippen LogP contribution is -2.08. The van der Waals surface area contributed by atoms with Crippen LogP contribution in [0.1, 0.15) is 16.4 Å². The summed E-state index contributed by atoms with van der Waals surface area (Å²) in [6.07, 6.45) is 1.21. The molecule has 0 aliphatic carbocycles. The number of hydrogen-bond donors (Lipinski definition) is 0. The minimum atomic E-state index is -0.780. The van der Waals surface area contributed by atoms with Crippen molar-refractivity contribution >= 4 is 40.8 Å². The normalized spacial score (nSPS) is 10.6. The highest BCUT2D eigenvalue weighted by molar-refractivity contribution is 6.48. The number of aromatic nitrogens is 3. The Morgan fingerprint density at radius 2 is 1.83 bits per heavy atom. The lowest BCUT2D eigenvalue weighted by Gasteiger charge is -2.05. The molecule has 0 fully saturated rings. The Bertz CT molecular complexity index is 884. The van der Waals surface area contributed by atoms with E-state index < -0.39 is 5.97 Å². The number of carbonyl (C=O) groups is 1. The maximum Gasteiger partial charge on any atom is 0.359 e. The molecule has 0 saturated carbocycles. The van der Waals surface area contributed by atoms with Crippen LogP contribution >= 0.6 is 34.8 Å². The minimum Gasteiger partial charge on any atom is -0.451 e. The zero-order valence-electron chi connectivity index (χ0n) is 11.9. The number of halogens is 3. The SMILES string of the molecule is O=C(OCc1nnc(-c2ccccc2)o1)c1ncc(Cl)c(Cl)c1Cl. The molecule has 0 N–H and O–H groups in total. The Morgan fingerprint density at radius 3 is 2.58 bits per heavy atom. The average Bonchev–Trinajstić information content (AvgIpc) is 3.07. The van der Waals surface area contributed by atoms with Gasteiger partial charge in [0.15, 0.2) is 12.3 Å². The largest absolute Gasteiger partial charge is 0.451 e. The maximum atomic E-state index is 12.0. The fraction of sp³-hybridized carbons (Fsp3) is 0.0667. The maximum absolute atomic E-state index is 12.0. The van der Waals surface area contributed by atoms with Gasteiger partial charge < -0.3 is 9.15 Å². The predicted octanol–water partition coefficient (Wildman–Crippen LogP) is 4.45. The molecule has 0 saturated heterocycles. The first-order valence-corrected chi connectivity index (χ1v) is 7.74. The van der Waals surface area contributed by atoms with Crippen molar-refractivity contribution in [3.05, 3.63) is 63.2 Å². The van der Waals surface area contributed by atoms with E-state index in [4.69, 9.17) is 44.0 Å².